The van der Waals surface area contributed by atoms with Gasteiger partial charge in [0.1, 0.15) is 35.1 Å². The molecule has 3 N–H and O–H groups in total. The van der Waals surface area contributed by atoms with Gasteiger partial charge in [-0.3, -0.25) is 19.8 Å². The molecule has 300 valence electrons. The van der Waals surface area contributed by atoms with Crippen molar-refractivity contribution < 1.29 is 45.0 Å². The lowest BCUT2D eigenvalue weighted by Crippen LogP contribution is -2.31. The van der Waals surface area contributed by atoms with E-state index >= 15 is 0 Å². The monoisotopic (exact) mass is 832 g/mol. The van der Waals surface area contributed by atoms with E-state index in [4.69, 9.17) is 20.6 Å². The van der Waals surface area contributed by atoms with E-state index in [-0.39, 0.29) is 55.3 Å². The Morgan fingerprint density at radius 1 is 0.768 bits per heavy atom. The second kappa shape index (κ2) is 18.2. The summed E-state index contributed by atoms with van der Waals surface area (Å²) in [5.74, 6) is 1.09. The highest BCUT2D eigenvalue weighted by molar-refractivity contribution is 6.33. The maximum absolute atomic E-state index is 12.3. The molecule has 0 saturated carbocycles. The van der Waals surface area contributed by atoms with Gasteiger partial charge in [0.25, 0.3) is 0 Å². The van der Waals surface area contributed by atoms with Crippen molar-refractivity contribution in [2.24, 2.45) is 0 Å². The fourth-order valence-corrected chi connectivity index (χ4v) is 6.02. The molecule has 6 aromatic rings. The molecule has 0 saturated heterocycles. The van der Waals surface area contributed by atoms with Gasteiger partial charge in [0.2, 0.25) is 0 Å². The smallest absolute Gasteiger partial charge is 0.360 e. The molecule has 2 aliphatic rings. The first kappa shape index (κ1) is 41.9. The van der Waals surface area contributed by atoms with Gasteiger partial charge in [-0.1, -0.05) is 21.9 Å². The van der Waals surface area contributed by atoms with Gasteiger partial charge in [-0.15, -0.1) is 12.4 Å². The normalized spacial score (nSPS) is 13.9. The number of anilines is 1. The average molecular weight is 834 g/mol. The van der Waals surface area contributed by atoms with E-state index in [0.29, 0.717) is 77.4 Å². The summed E-state index contributed by atoms with van der Waals surface area (Å²) < 4.78 is 83.0. The zero-order valence-electron chi connectivity index (χ0n) is 29.0. The van der Waals surface area contributed by atoms with Crippen LogP contribution in [-0.4, -0.2) is 87.7 Å². The molecule has 0 bridgehead atoms. The topological polar surface area (TPSA) is 210 Å². The van der Waals surface area contributed by atoms with Crippen LogP contribution in [0.4, 0.5) is 32.2 Å². The Morgan fingerprint density at radius 3 is 1.93 bits per heavy atom. The molecule has 24 heteroatoms. The van der Waals surface area contributed by atoms with Crippen LogP contribution in [0.2, 0.25) is 5.15 Å². The van der Waals surface area contributed by atoms with Crippen molar-refractivity contribution in [3.05, 3.63) is 64.2 Å². The largest absolute Gasteiger partial charge is 0.389 e. The predicted molar refractivity (Wildman–Crippen MR) is 187 cm³/mol. The van der Waals surface area contributed by atoms with Gasteiger partial charge in [0, 0.05) is 69.3 Å². The van der Waals surface area contributed by atoms with Crippen LogP contribution in [0.1, 0.15) is 82.1 Å². The highest BCUT2D eigenvalue weighted by atomic mass is 35.5. The minimum atomic E-state index is -4.27. The Kier molecular flexibility index (Phi) is 13.6. The SMILES string of the molecule is Cl.Clc1ncnc2[nH]ncc12.O=C(CCCC(F)(F)F)c1noc2c1CN(c1ncnc3[nH]ncc13)CC2.O=C(CCCC(F)(F)F)c1noc2c1CNCC2. The molecule has 0 spiro atoms. The molecule has 0 amide bonds. The van der Waals surface area contributed by atoms with Gasteiger partial charge in [0.05, 0.1) is 29.7 Å². The number of ketones is 2. The standard InChI is InChI=1S/C16H15F3N6O2.C11H13F3N2O2.C5H3ClN4.ClH/c17-16(18,19)4-1-2-11(26)13-10-7-25(5-3-12(10)27-24-13)15-9-6-22-23-14(9)20-8-21-15;12-11(13,14)4-1-2-8(17)10-7-6-15-5-3-9(7)18-16-10;6-4-3-1-9-10-5(3)8-2-7-4;/h6,8H,1-5,7H2,(H,20,21,22,23);15H,1-6H2;1-2H,(H,7,8,9,10);1H. The summed E-state index contributed by atoms with van der Waals surface area (Å²) in [5.41, 5.74) is 2.85. The Labute approximate surface area is 322 Å². The molecule has 6 aromatic heterocycles. The zero-order valence-corrected chi connectivity index (χ0v) is 30.6. The van der Waals surface area contributed by atoms with E-state index in [1.54, 1.807) is 12.4 Å². The first-order chi connectivity index (χ1) is 26.3. The zero-order chi connectivity index (χ0) is 39.2. The second-order valence-corrected chi connectivity index (χ2v) is 12.7. The van der Waals surface area contributed by atoms with Crippen molar-refractivity contribution in [3.8, 4) is 0 Å². The number of nitrogens with one attached hydrogen (secondary N) is 3. The van der Waals surface area contributed by atoms with Crippen LogP contribution in [0.25, 0.3) is 22.1 Å². The number of hydrogen-bond acceptors (Lipinski definition) is 14. The Bertz CT molecular complexity index is 2250. The number of Topliss-reactive ketones (excluding diaryl/α,β-unsaturated/α-hetero) is 2. The number of rotatable bonds is 9. The summed E-state index contributed by atoms with van der Waals surface area (Å²) >= 11 is 5.69. The fourth-order valence-electron chi connectivity index (χ4n) is 5.84. The molecule has 2 aliphatic heterocycles. The van der Waals surface area contributed by atoms with Crippen LogP contribution in [0, 0.1) is 0 Å². The van der Waals surface area contributed by atoms with Crippen LogP contribution < -0.4 is 10.2 Å². The van der Waals surface area contributed by atoms with E-state index in [0.717, 1.165) is 17.3 Å². The van der Waals surface area contributed by atoms with Crippen molar-refractivity contribution in [1.29, 1.82) is 0 Å². The van der Waals surface area contributed by atoms with Gasteiger partial charge in [-0.25, -0.2) is 19.9 Å². The molecule has 0 radical (unpaired) electrons. The van der Waals surface area contributed by atoms with Crippen molar-refractivity contribution in [1.82, 2.24) is 56.0 Å². The molecule has 0 aromatic carbocycles. The van der Waals surface area contributed by atoms with E-state index < -0.39 is 31.0 Å². The van der Waals surface area contributed by atoms with Gasteiger partial charge >= 0.3 is 12.4 Å². The Balaban J connectivity index is 0.000000177. The summed E-state index contributed by atoms with van der Waals surface area (Å²) in [6, 6.07) is 0. The lowest BCUT2D eigenvalue weighted by molar-refractivity contribution is -0.136. The number of fused-ring (bicyclic) bond motifs is 4. The van der Waals surface area contributed by atoms with Crippen molar-refractivity contribution in [3.63, 3.8) is 0 Å². The number of carbonyl (C=O) groups excluding carboxylic acids is 2. The van der Waals surface area contributed by atoms with Gasteiger partial charge in [-0.2, -0.15) is 36.5 Å². The van der Waals surface area contributed by atoms with Gasteiger partial charge < -0.3 is 19.3 Å². The first-order valence-corrected chi connectivity index (χ1v) is 17.2. The van der Waals surface area contributed by atoms with Gasteiger partial charge in [0.15, 0.2) is 34.2 Å². The lowest BCUT2D eigenvalue weighted by atomic mass is 10.0. The maximum atomic E-state index is 12.3. The summed E-state index contributed by atoms with van der Waals surface area (Å²) in [6.07, 6.45) is -4.10. The first-order valence-electron chi connectivity index (χ1n) is 16.8. The average Bonchev–Trinajstić information content (AvgIpc) is 3.97. The van der Waals surface area contributed by atoms with Crippen LogP contribution in [0.5, 0.6) is 0 Å². The Morgan fingerprint density at radius 2 is 1.32 bits per heavy atom. The maximum Gasteiger partial charge on any atom is 0.389 e. The summed E-state index contributed by atoms with van der Waals surface area (Å²) in [7, 11) is 0. The third-order valence-corrected chi connectivity index (χ3v) is 8.81. The van der Waals surface area contributed by atoms with Crippen molar-refractivity contribution in [2.75, 3.05) is 18.0 Å². The highest BCUT2D eigenvalue weighted by Gasteiger charge is 2.31. The van der Waals surface area contributed by atoms with E-state index in [1.807, 2.05) is 4.90 Å². The number of hydrogen-bond donors (Lipinski definition) is 3. The Hall–Kier alpha value is -5.22. The summed E-state index contributed by atoms with van der Waals surface area (Å²) in [5, 5.41) is 25.6. The van der Waals surface area contributed by atoms with Crippen molar-refractivity contribution in [2.45, 2.75) is 76.8 Å². The van der Waals surface area contributed by atoms with Crippen LogP contribution in [0.15, 0.2) is 34.1 Å². The molecule has 16 nitrogen and oxygen atoms in total. The molecular weight excluding hydrogens is 801 g/mol. The molecule has 0 atom stereocenters. The second-order valence-electron chi connectivity index (χ2n) is 12.4. The molecule has 56 heavy (non-hydrogen) atoms. The van der Waals surface area contributed by atoms with Crippen LogP contribution in [0.3, 0.4) is 0 Å². The van der Waals surface area contributed by atoms with E-state index in [9.17, 15) is 35.9 Å². The number of nitrogens with zero attached hydrogens (tertiary/aromatic N) is 9. The van der Waals surface area contributed by atoms with E-state index in [2.05, 4.69) is 56.0 Å². The molecule has 0 unspecified atom stereocenters. The van der Waals surface area contributed by atoms with E-state index in [1.165, 1.54) is 12.7 Å². The fraction of sp³-hybridized carbons (Fsp3) is 0.438. The number of alkyl halides is 6. The van der Waals surface area contributed by atoms with Crippen LogP contribution in [-0.2, 0) is 25.9 Å². The van der Waals surface area contributed by atoms with Crippen LogP contribution >= 0.6 is 24.0 Å². The predicted octanol–water partition coefficient (Wildman–Crippen LogP) is 6.48. The highest BCUT2D eigenvalue weighted by Crippen LogP contribution is 2.31. The molecule has 0 aliphatic carbocycles. The quantitative estimate of drug-likeness (QED) is 0.0809. The third-order valence-electron chi connectivity index (χ3n) is 8.51. The summed E-state index contributed by atoms with van der Waals surface area (Å²) in [4.78, 5) is 42.1. The number of aromatic nitrogens is 10. The number of halogens is 8. The van der Waals surface area contributed by atoms with Gasteiger partial charge in [-0.05, 0) is 12.8 Å². The minimum Gasteiger partial charge on any atom is -0.360 e. The molecular formula is C32H32Cl2F6N12O4. The molecule has 0 fully saturated rings. The minimum absolute atomic E-state index is 0. The summed E-state index contributed by atoms with van der Waals surface area (Å²) in [6.45, 7) is 2.17. The number of carbonyl (C=O) groups is 2. The molecule has 8 heterocycles. The number of aromatic amines is 2. The number of H-pyrrole nitrogens is 2. The third kappa shape index (κ3) is 10.5. The molecule has 8 rings (SSSR count). The van der Waals surface area contributed by atoms with Crippen molar-refractivity contribution >= 4 is 63.5 Å². The lowest BCUT2D eigenvalue weighted by Gasteiger charge is -2.27.